The molecule has 2 aliphatic carbocycles. The number of fused-ring (bicyclic) bond motifs is 1. The van der Waals surface area contributed by atoms with E-state index in [1.165, 1.54) is 36.9 Å². The lowest BCUT2D eigenvalue weighted by Crippen LogP contribution is -2.31. The first-order chi connectivity index (χ1) is 7.31. The number of rotatable bonds is 3. The fourth-order valence-electron chi connectivity index (χ4n) is 2.39. The molecule has 0 aromatic heterocycles. The smallest absolute Gasteiger partial charge is 0.0408 e. The van der Waals surface area contributed by atoms with E-state index in [1.807, 2.05) is 6.07 Å². The van der Waals surface area contributed by atoms with Crippen LogP contribution < -0.4 is 5.32 Å². The van der Waals surface area contributed by atoms with E-state index in [4.69, 9.17) is 11.6 Å². The molecule has 0 bridgehead atoms. The molecule has 0 radical (unpaired) electrons. The van der Waals surface area contributed by atoms with E-state index in [9.17, 15) is 0 Å². The lowest BCUT2D eigenvalue weighted by molar-refractivity contribution is 0.515. The number of benzene rings is 1. The van der Waals surface area contributed by atoms with Crippen molar-refractivity contribution in [1.82, 2.24) is 5.32 Å². The molecule has 3 rings (SSSR count). The summed E-state index contributed by atoms with van der Waals surface area (Å²) in [5.41, 5.74) is 2.92. The van der Waals surface area contributed by atoms with Crippen molar-refractivity contribution < 1.29 is 0 Å². The van der Waals surface area contributed by atoms with Crippen molar-refractivity contribution in [2.75, 3.05) is 6.54 Å². The maximum atomic E-state index is 5.99. The first kappa shape index (κ1) is 9.68. The molecule has 0 aliphatic heterocycles. The highest BCUT2D eigenvalue weighted by atomic mass is 35.5. The average Bonchev–Trinajstić information content (AvgIpc) is 2.95. The van der Waals surface area contributed by atoms with E-state index < -0.39 is 0 Å². The Hall–Kier alpha value is -0.530. The molecule has 1 nitrogen and oxygen atoms in total. The van der Waals surface area contributed by atoms with Gasteiger partial charge in [0.05, 0.1) is 0 Å². The van der Waals surface area contributed by atoms with Crippen molar-refractivity contribution in [3.63, 3.8) is 0 Å². The van der Waals surface area contributed by atoms with Crippen molar-refractivity contribution in [1.29, 1.82) is 0 Å². The summed E-state index contributed by atoms with van der Waals surface area (Å²) in [7, 11) is 0. The highest BCUT2D eigenvalue weighted by molar-refractivity contribution is 6.30. The second-order valence-electron chi connectivity index (χ2n) is 4.87. The van der Waals surface area contributed by atoms with Gasteiger partial charge in [0.2, 0.25) is 0 Å². The third-order valence-electron chi connectivity index (χ3n) is 3.49. The van der Waals surface area contributed by atoms with Gasteiger partial charge in [0.15, 0.2) is 0 Å². The van der Waals surface area contributed by atoms with Crippen molar-refractivity contribution in [2.24, 2.45) is 5.92 Å². The van der Waals surface area contributed by atoms with Crippen LogP contribution >= 0.6 is 11.6 Å². The zero-order chi connectivity index (χ0) is 10.3. The molecule has 1 N–H and O–H groups in total. The van der Waals surface area contributed by atoms with Gasteiger partial charge in [-0.2, -0.15) is 0 Å². The fraction of sp³-hybridized carbons (Fsp3) is 0.538. The molecule has 1 saturated carbocycles. The molecule has 0 heterocycles. The third-order valence-corrected chi connectivity index (χ3v) is 3.73. The number of hydrogen-bond acceptors (Lipinski definition) is 1. The maximum Gasteiger partial charge on any atom is 0.0408 e. The van der Waals surface area contributed by atoms with Crippen LogP contribution in [-0.2, 0) is 12.8 Å². The van der Waals surface area contributed by atoms with E-state index in [0.29, 0.717) is 6.04 Å². The van der Waals surface area contributed by atoms with Crippen molar-refractivity contribution >= 4 is 11.6 Å². The molecule has 2 aliphatic rings. The van der Waals surface area contributed by atoms with Crippen molar-refractivity contribution in [3.05, 3.63) is 34.3 Å². The predicted octanol–water partition coefficient (Wildman–Crippen LogP) is 2.81. The molecule has 2 heteroatoms. The molecule has 1 atom stereocenters. The molecule has 0 spiro atoms. The Kier molecular flexibility index (Phi) is 2.45. The molecule has 15 heavy (non-hydrogen) atoms. The topological polar surface area (TPSA) is 12.0 Å². The highest BCUT2D eigenvalue weighted by Gasteiger charge is 2.25. The number of nitrogens with one attached hydrogen (secondary N) is 1. The Bertz CT molecular complexity index is 371. The zero-order valence-electron chi connectivity index (χ0n) is 8.80. The Balaban J connectivity index is 1.63. The molecule has 0 saturated heterocycles. The Morgan fingerprint density at radius 1 is 1.20 bits per heavy atom. The molecular weight excluding hydrogens is 206 g/mol. The van der Waals surface area contributed by atoms with Crippen LogP contribution in [0, 0.1) is 5.92 Å². The largest absolute Gasteiger partial charge is 0.313 e. The monoisotopic (exact) mass is 221 g/mol. The number of halogens is 1. The third kappa shape index (κ3) is 2.19. The Morgan fingerprint density at radius 3 is 2.80 bits per heavy atom. The summed E-state index contributed by atoms with van der Waals surface area (Å²) < 4.78 is 0. The van der Waals surface area contributed by atoms with E-state index >= 15 is 0 Å². The second-order valence-corrected chi connectivity index (χ2v) is 5.31. The normalized spacial score (nSPS) is 24.2. The first-order valence-electron chi connectivity index (χ1n) is 5.82. The van der Waals surface area contributed by atoms with E-state index in [-0.39, 0.29) is 0 Å². The first-order valence-corrected chi connectivity index (χ1v) is 6.20. The standard InChI is InChI=1S/C13H16ClN/c14-12-4-3-10-6-13(7-11(10)5-12)15-8-9-1-2-9/h3-5,9,13,15H,1-2,6-8H2. The Morgan fingerprint density at radius 2 is 2.00 bits per heavy atom. The molecule has 1 aromatic carbocycles. The quantitative estimate of drug-likeness (QED) is 0.828. The van der Waals surface area contributed by atoms with Gasteiger partial charge in [0.25, 0.3) is 0 Å². The van der Waals surface area contributed by atoms with Gasteiger partial charge in [0.1, 0.15) is 0 Å². The van der Waals surface area contributed by atoms with E-state index in [0.717, 1.165) is 17.4 Å². The summed E-state index contributed by atoms with van der Waals surface area (Å²) in [6, 6.07) is 6.95. The van der Waals surface area contributed by atoms with Crippen molar-refractivity contribution in [2.45, 2.75) is 31.7 Å². The lowest BCUT2D eigenvalue weighted by Gasteiger charge is -2.10. The van der Waals surface area contributed by atoms with Crippen LogP contribution in [0.15, 0.2) is 18.2 Å². The molecule has 1 unspecified atom stereocenters. The summed E-state index contributed by atoms with van der Waals surface area (Å²) in [6.45, 7) is 1.21. The van der Waals surface area contributed by atoms with Gasteiger partial charge >= 0.3 is 0 Å². The summed E-state index contributed by atoms with van der Waals surface area (Å²) in [5, 5.41) is 4.54. The molecule has 0 amide bonds. The van der Waals surface area contributed by atoms with Crippen LogP contribution in [-0.4, -0.2) is 12.6 Å². The van der Waals surface area contributed by atoms with Gasteiger partial charge in [-0.25, -0.2) is 0 Å². The maximum absolute atomic E-state index is 5.99. The molecule has 1 fully saturated rings. The van der Waals surface area contributed by atoms with Gasteiger partial charge < -0.3 is 5.32 Å². The summed E-state index contributed by atoms with van der Waals surface area (Å²) >= 11 is 5.99. The fourth-order valence-corrected chi connectivity index (χ4v) is 2.58. The van der Waals surface area contributed by atoms with Crippen LogP contribution in [0.5, 0.6) is 0 Å². The summed E-state index contributed by atoms with van der Waals surface area (Å²) in [6.07, 6.45) is 5.19. The van der Waals surface area contributed by atoms with Crippen LogP contribution in [0.3, 0.4) is 0 Å². The minimum atomic E-state index is 0.652. The van der Waals surface area contributed by atoms with Crippen LogP contribution in [0.4, 0.5) is 0 Å². The average molecular weight is 222 g/mol. The van der Waals surface area contributed by atoms with E-state index in [1.54, 1.807) is 0 Å². The van der Waals surface area contributed by atoms with Gasteiger partial charge in [0, 0.05) is 11.1 Å². The van der Waals surface area contributed by atoms with Crippen molar-refractivity contribution in [3.8, 4) is 0 Å². The lowest BCUT2D eigenvalue weighted by atomic mass is 10.1. The molecule has 1 aromatic rings. The SMILES string of the molecule is Clc1ccc2c(c1)CC(NCC1CC1)C2. The van der Waals surface area contributed by atoms with Crippen LogP contribution in [0.25, 0.3) is 0 Å². The second kappa shape index (κ2) is 3.80. The Labute approximate surface area is 95.8 Å². The van der Waals surface area contributed by atoms with Gasteiger partial charge in [-0.3, -0.25) is 0 Å². The van der Waals surface area contributed by atoms with Crippen LogP contribution in [0.1, 0.15) is 24.0 Å². The van der Waals surface area contributed by atoms with Gasteiger partial charge in [-0.1, -0.05) is 17.7 Å². The molecule has 80 valence electrons. The van der Waals surface area contributed by atoms with Gasteiger partial charge in [-0.15, -0.1) is 0 Å². The molecular formula is C13H16ClN. The predicted molar refractivity (Wildman–Crippen MR) is 63.4 cm³/mol. The minimum absolute atomic E-state index is 0.652. The summed E-state index contributed by atoms with van der Waals surface area (Å²) in [4.78, 5) is 0. The highest BCUT2D eigenvalue weighted by Crippen LogP contribution is 2.29. The van der Waals surface area contributed by atoms with Crippen LogP contribution in [0.2, 0.25) is 5.02 Å². The van der Waals surface area contributed by atoms with Gasteiger partial charge in [-0.05, 0) is 61.4 Å². The zero-order valence-corrected chi connectivity index (χ0v) is 9.56. The summed E-state index contributed by atoms with van der Waals surface area (Å²) in [5.74, 6) is 0.970. The number of hydrogen-bond donors (Lipinski definition) is 1. The van der Waals surface area contributed by atoms with E-state index in [2.05, 4.69) is 17.4 Å². The minimum Gasteiger partial charge on any atom is -0.313 e.